The Bertz CT molecular complexity index is 973. The molecule has 8 heteroatoms. The van der Waals surface area contributed by atoms with Crippen LogP contribution in [0.15, 0.2) is 59.0 Å². The van der Waals surface area contributed by atoms with Gasteiger partial charge in [0.05, 0.1) is 19.0 Å². The summed E-state index contributed by atoms with van der Waals surface area (Å²) in [5.74, 6) is 0.797. The van der Waals surface area contributed by atoms with Gasteiger partial charge in [-0.2, -0.15) is 5.10 Å². The molecule has 0 bridgehead atoms. The second-order valence-corrected chi connectivity index (χ2v) is 6.73. The fourth-order valence-electron chi connectivity index (χ4n) is 2.45. The minimum absolute atomic E-state index is 0.185. The molecule has 0 aliphatic rings. The highest BCUT2D eigenvalue weighted by molar-refractivity contribution is 7.14. The van der Waals surface area contributed by atoms with Crippen molar-refractivity contribution in [2.45, 2.75) is 6.92 Å². The fraction of sp³-hybridized carbons (Fsp3) is 0.190. The molecule has 3 rings (SSSR count). The van der Waals surface area contributed by atoms with Crippen LogP contribution in [0.2, 0.25) is 0 Å². The number of rotatable bonds is 9. The number of carbonyl (C=O) groups excluding carboxylic acids is 1. The van der Waals surface area contributed by atoms with Gasteiger partial charge in [0.25, 0.3) is 0 Å². The van der Waals surface area contributed by atoms with E-state index in [4.69, 9.17) is 14.2 Å². The average Bonchev–Trinajstić information content (AvgIpc) is 3.21. The first-order valence-corrected chi connectivity index (χ1v) is 9.78. The maximum absolute atomic E-state index is 10.8. The molecule has 7 nitrogen and oxygen atoms in total. The van der Waals surface area contributed by atoms with E-state index in [1.165, 1.54) is 18.3 Å². The van der Waals surface area contributed by atoms with E-state index in [1.807, 2.05) is 47.8 Å². The molecular weight excluding hydrogens is 390 g/mol. The van der Waals surface area contributed by atoms with Crippen LogP contribution in [0.4, 0.5) is 5.13 Å². The first-order chi connectivity index (χ1) is 14.2. The number of esters is 1. The molecule has 3 aromatic rings. The van der Waals surface area contributed by atoms with Crippen LogP contribution in [0.3, 0.4) is 0 Å². The van der Waals surface area contributed by atoms with E-state index < -0.39 is 0 Å². The van der Waals surface area contributed by atoms with Gasteiger partial charge >= 0.3 is 5.97 Å². The number of benzene rings is 2. The molecule has 0 saturated carbocycles. The average molecular weight is 411 g/mol. The quantitative estimate of drug-likeness (QED) is 0.246. The summed E-state index contributed by atoms with van der Waals surface area (Å²) in [7, 11) is 1.56. The highest BCUT2D eigenvalue weighted by Crippen LogP contribution is 2.28. The monoisotopic (exact) mass is 411 g/mol. The number of carbonyl (C=O) groups is 1. The molecule has 0 saturated heterocycles. The number of hydrogen-bond donors (Lipinski definition) is 1. The van der Waals surface area contributed by atoms with E-state index in [0.717, 1.165) is 16.8 Å². The second kappa shape index (κ2) is 10.2. The van der Waals surface area contributed by atoms with Crippen molar-refractivity contribution >= 4 is 28.7 Å². The van der Waals surface area contributed by atoms with Gasteiger partial charge in [-0.25, -0.2) is 4.98 Å². The van der Waals surface area contributed by atoms with Crippen LogP contribution in [-0.2, 0) is 9.53 Å². The van der Waals surface area contributed by atoms with Gasteiger partial charge in [0.1, 0.15) is 13.2 Å². The molecule has 2 aromatic carbocycles. The summed E-state index contributed by atoms with van der Waals surface area (Å²) in [6.07, 6.45) is 1.68. The number of nitrogens with one attached hydrogen (secondary N) is 1. The standard InChI is InChI=1S/C21H21N3O4S/c1-15(25)27-10-11-28-19-9-8-16(12-20(19)26-2)13-22-24-21-23-18(14-29-21)17-6-4-3-5-7-17/h3-9,12-14H,10-11H2,1-2H3,(H,23,24). The molecular formula is C21H21N3O4S. The summed E-state index contributed by atoms with van der Waals surface area (Å²) >= 11 is 1.49. The summed E-state index contributed by atoms with van der Waals surface area (Å²) in [5, 5.41) is 6.93. The normalized spacial score (nSPS) is 10.7. The third-order valence-corrected chi connectivity index (χ3v) is 4.53. The van der Waals surface area contributed by atoms with Gasteiger partial charge in [0.15, 0.2) is 11.5 Å². The highest BCUT2D eigenvalue weighted by Gasteiger charge is 2.06. The summed E-state index contributed by atoms with van der Waals surface area (Å²) in [4.78, 5) is 15.3. The Kier molecular flexibility index (Phi) is 7.18. The molecule has 29 heavy (non-hydrogen) atoms. The van der Waals surface area contributed by atoms with Crippen molar-refractivity contribution in [3.05, 3.63) is 59.5 Å². The van der Waals surface area contributed by atoms with Crippen molar-refractivity contribution in [3.8, 4) is 22.8 Å². The topological polar surface area (TPSA) is 82.0 Å². The van der Waals surface area contributed by atoms with Crippen LogP contribution >= 0.6 is 11.3 Å². The van der Waals surface area contributed by atoms with Crippen molar-refractivity contribution in [3.63, 3.8) is 0 Å². The van der Waals surface area contributed by atoms with E-state index in [1.54, 1.807) is 19.4 Å². The van der Waals surface area contributed by atoms with Crippen LogP contribution in [0.5, 0.6) is 11.5 Å². The third-order valence-electron chi connectivity index (χ3n) is 3.78. The number of anilines is 1. The van der Waals surface area contributed by atoms with Crippen molar-refractivity contribution in [2.24, 2.45) is 5.10 Å². The van der Waals surface area contributed by atoms with E-state index in [-0.39, 0.29) is 19.2 Å². The number of thiazole rings is 1. The summed E-state index contributed by atoms with van der Waals surface area (Å²) in [6, 6.07) is 15.4. The molecule has 0 aliphatic carbocycles. The number of hydrogen-bond acceptors (Lipinski definition) is 8. The van der Waals surface area contributed by atoms with Crippen LogP contribution in [0, 0.1) is 0 Å². The lowest BCUT2D eigenvalue weighted by atomic mass is 10.2. The van der Waals surface area contributed by atoms with Crippen LogP contribution in [0.25, 0.3) is 11.3 Å². The van der Waals surface area contributed by atoms with E-state index in [0.29, 0.717) is 16.6 Å². The van der Waals surface area contributed by atoms with Crippen molar-refractivity contribution < 1.29 is 19.0 Å². The Hall–Kier alpha value is -3.39. The third kappa shape index (κ3) is 6.05. The van der Waals surface area contributed by atoms with Gasteiger partial charge in [-0.1, -0.05) is 30.3 Å². The van der Waals surface area contributed by atoms with Crippen molar-refractivity contribution in [2.75, 3.05) is 25.7 Å². The molecule has 1 aromatic heterocycles. The first kappa shape index (κ1) is 20.3. The lowest BCUT2D eigenvalue weighted by Crippen LogP contribution is -2.10. The summed E-state index contributed by atoms with van der Waals surface area (Å²) in [6.45, 7) is 1.79. The number of hydrazone groups is 1. The highest BCUT2D eigenvalue weighted by atomic mass is 32.1. The molecule has 150 valence electrons. The Balaban J connectivity index is 1.58. The van der Waals surface area contributed by atoms with E-state index in [2.05, 4.69) is 15.5 Å². The maximum atomic E-state index is 10.8. The van der Waals surface area contributed by atoms with Gasteiger partial charge in [-0.15, -0.1) is 11.3 Å². The Morgan fingerprint density at radius 2 is 2.00 bits per heavy atom. The van der Waals surface area contributed by atoms with Gasteiger partial charge in [-0.05, 0) is 23.8 Å². The molecule has 0 radical (unpaired) electrons. The zero-order chi connectivity index (χ0) is 20.5. The molecule has 0 aliphatic heterocycles. The second-order valence-electron chi connectivity index (χ2n) is 5.87. The summed E-state index contributed by atoms with van der Waals surface area (Å²) < 4.78 is 15.8. The van der Waals surface area contributed by atoms with Gasteiger partial charge in [0.2, 0.25) is 5.13 Å². The molecule has 1 N–H and O–H groups in total. The van der Waals surface area contributed by atoms with Gasteiger partial charge in [0, 0.05) is 17.9 Å². The van der Waals surface area contributed by atoms with Crippen LogP contribution < -0.4 is 14.9 Å². The minimum Gasteiger partial charge on any atom is -0.493 e. The molecule has 0 unspecified atom stereocenters. The Morgan fingerprint density at radius 1 is 1.17 bits per heavy atom. The molecule has 1 heterocycles. The number of ether oxygens (including phenoxy) is 3. The molecule has 0 spiro atoms. The molecule has 0 atom stereocenters. The fourth-order valence-corrected chi connectivity index (χ4v) is 3.12. The van der Waals surface area contributed by atoms with Crippen molar-refractivity contribution in [1.82, 2.24) is 4.98 Å². The van der Waals surface area contributed by atoms with Gasteiger partial charge in [-0.3, -0.25) is 10.2 Å². The first-order valence-electron chi connectivity index (χ1n) is 8.90. The van der Waals surface area contributed by atoms with Gasteiger partial charge < -0.3 is 14.2 Å². The van der Waals surface area contributed by atoms with Crippen LogP contribution in [-0.4, -0.2) is 37.5 Å². The predicted molar refractivity (Wildman–Crippen MR) is 114 cm³/mol. The summed E-state index contributed by atoms with van der Waals surface area (Å²) in [5.41, 5.74) is 5.75. The number of nitrogens with zero attached hydrogens (tertiary/aromatic N) is 2. The smallest absolute Gasteiger partial charge is 0.302 e. The minimum atomic E-state index is -0.337. The lowest BCUT2D eigenvalue weighted by Gasteiger charge is -2.11. The number of aromatic nitrogens is 1. The largest absolute Gasteiger partial charge is 0.493 e. The van der Waals surface area contributed by atoms with E-state index >= 15 is 0 Å². The maximum Gasteiger partial charge on any atom is 0.302 e. The molecule has 0 fully saturated rings. The Labute approximate surface area is 173 Å². The number of methoxy groups -OCH3 is 1. The molecule has 0 amide bonds. The zero-order valence-corrected chi connectivity index (χ0v) is 16.9. The predicted octanol–water partition coefficient (Wildman–Crippen LogP) is 4.21. The lowest BCUT2D eigenvalue weighted by molar-refractivity contribution is -0.141. The Morgan fingerprint density at radius 3 is 2.76 bits per heavy atom. The van der Waals surface area contributed by atoms with Crippen LogP contribution in [0.1, 0.15) is 12.5 Å². The van der Waals surface area contributed by atoms with Crippen molar-refractivity contribution in [1.29, 1.82) is 0 Å². The van der Waals surface area contributed by atoms with E-state index in [9.17, 15) is 4.79 Å². The SMILES string of the molecule is COc1cc(C=NNc2nc(-c3ccccc3)cs2)ccc1OCCOC(C)=O. The zero-order valence-electron chi connectivity index (χ0n) is 16.1.